The van der Waals surface area contributed by atoms with Crippen LogP contribution in [-0.4, -0.2) is 49.5 Å². The molecule has 0 spiro atoms. The van der Waals surface area contributed by atoms with E-state index in [2.05, 4.69) is 5.32 Å². The fraction of sp³-hybridized carbons (Fsp3) is 0.529. The Morgan fingerprint density at radius 2 is 2.25 bits per heavy atom. The number of amides is 2. The van der Waals surface area contributed by atoms with Crippen LogP contribution in [0.3, 0.4) is 0 Å². The summed E-state index contributed by atoms with van der Waals surface area (Å²) in [6, 6.07) is 5.28. The van der Waals surface area contributed by atoms with E-state index in [4.69, 9.17) is 22.1 Å². The van der Waals surface area contributed by atoms with Crippen LogP contribution in [-0.2, 0) is 9.59 Å². The van der Waals surface area contributed by atoms with Gasteiger partial charge in [0.25, 0.3) is 5.91 Å². The third-order valence-corrected chi connectivity index (χ3v) is 4.50. The number of benzene rings is 1. The fourth-order valence-corrected chi connectivity index (χ4v) is 2.82. The predicted octanol–water partition coefficient (Wildman–Crippen LogP) is 1.34. The lowest BCUT2D eigenvalue weighted by atomic mass is 9.97. The summed E-state index contributed by atoms with van der Waals surface area (Å²) in [5.41, 5.74) is 6.29. The number of nitrogens with one attached hydrogen (secondary N) is 1. The van der Waals surface area contributed by atoms with E-state index < -0.39 is 0 Å². The van der Waals surface area contributed by atoms with Gasteiger partial charge < -0.3 is 20.7 Å². The molecule has 1 unspecified atom stereocenters. The summed E-state index contributed by atoms with van der Waals surface area (Å²) in [6.45, 7) is 3.79. The number of halogens is 1. The van der Waals surface area contributed by atoms with E-state index in [9.17, 15) is 9.59 Å². The summed E-state index contributed by atoms with van der Waals surface area (Å²) in [5, 5.41) is 3.45. The van der Waals surface area contributed by atoms with E-state index in [-0.39, 0.29) is 24.3 Å². The minimum Gasteiger partial charge on any atom is -0.484 e. The molecular weight excluding hydrogens is 330 g/mol. The Morgan fingerprint density at radius 3 is 2.96 bits per heavy atom. The molecule has 0 aromatic heterocycles. The summed E-state index contributed by atoms with van der Waals surface area (Å²) in [5.74, 6) is 0.289. The highest BCUT2D eigenvalue weighted by atomic mass is 35.5. The maximum atomic E-state index is 12.3. The van der Waals surface area contributed by atoms with Crippen LogP contribution in [0.2, 0.25) is 5.02 Å². The van der Waals surface area contributed by atoms with Crippen molar-refractivity contribution in [2.75, 3.05) is 32.8 Å². The predicted molar refractivity (Wildman–Crippen MR) is 93.1 cm³/mol. The highest BCUT2D eigenvalue weighted by Gasteiger charge is 2.28. The van der Waals surface area contributed by atoms with Crippen molar-refractivity contribution in [2.24, 2.45) is 11.7 Å². The molecule has 1 aliphatic heterocycles. The molecule has 0 bridgehead atoms. The normalized spacial score (nSPS) is 17.5. The number of hydrogen-bond acceptors (Lipinski definition) is 4. The number of nitrogens with zero attached hydrogens (tertiary/aromatic N) is 1. The first-order valence-corrected chi connectivity index (χ1v) is 8.53. The largest absolute Gasteiger partial charge is 0.484 e. The summed E-state index contributed by atoms with van der Waals surface area (Å²) < 4.78 is 5.55. The highest BCUT2D eigenvalue weighted by Crippen LogP contribution is 2.21. The average molecular weight is 354 g/mol. The van der Waals surface area contributed by atoms with Crippen molar-refractivity contribution in [3.8, 4) is 5.75 Å². The number of hydrogen-bond donors (Lipinski definition) is 2. The molecule has 0 saturated carbocycles. The molecule has 2 rings (SSSR count). The minimum atomic E-state index is -0.174. The van der Waals surface area contributed by atoms with Gasteiger partial charge in [-0.3, -0.25) is 9.59 Å². The lowest BCUT2D eigenvalue weighted by Crippen LogP contribution is -2.47. The second kappa shape index (κ2) is 8.89. The van der Waals surface area contributed by atoms with Crippen molar-refractivity contribution in [2.45, 2.75) is 19.8 Å². The van der Waals surface area contributed by atoms with Crippen LogP contribution >= 0.6 is 11.6 Å². The van der Waals surface area contributed by atoms with Crippen LogP contribution in [0.1, 0.15) is 18.4 Å². The van der Waals surface area contributed by atoms with Crippen molar-refractivity contribution in [3.05, 3.63) is 28.8 Å². The number of carbonyl (C=O) groups excluding carboxylic acids is 2. The number of ether oxygens (including phenoxy) is 1. The first-order chi connectivity index (χ1) is 11.5. The quantitative estimate of drug-likeness (QED) is 0.808. The van der Waals surface area contributed by atoms with Crippen molar-refractivity contribution in [1.82, 2.24) is 10.2 Å². The molecule has 0 aliphatic carbocycles. The number of nitrogens with two attached hydrogens (primary N) is 1. The van der Waals surface area contributed by atoms with Gasteiger partial charge in [-0.2, -0.15) is 0 Å². The van der Waals surface area contributed by atoms with Gasteiger partial charge in [0.1, 0.15) is 5.75 Å². The van der Waals surface area contributed by atoms with Gasteiger partial charge in [-0.05, 0) is 43.5 Å². The van der Waals surface area contributed by atoms with E-state index >= 15 is 0 Å². The standard InChI is InChI=1S/C17H24ClN3O3/c1-12-9-14(4-5-15(12)18)24-11-16(22)21-8-2-3-13(10-21)17(23)20-7-6-19/h4-5,9,13H,2-3,6-8,10-11,19H2,1H3,(H,20,23). The van der Waals surface area contributed by atoms with Crippen molar-refractivity contribution in [1.29, 1.82) is 0 Å². The van der Waals surface area contributed by atoms with Gasteiger partial charge in [0.05, 0.1) is 5.92 Å². The van der Waals surface area contributed by atoms with Crippen molar-refractivity contribution >= 4 is 23.4 Å². The molecule has 0 radical (unpaired) electrons. The maximum Gasteiger partial charge on any atom is 0.260 e. The van der Waals surface area contributed by atoms with Gasteiger partial charge in [0, 0.05) is 31.2 Å². The molecule has 1 heterocycles. The Balaban J connectivity index is 1.85. The van der Waals surface area contributed by atoms with E-state index in [1.165, 1.54) is 0 Å². The number of likely N-dealkylation sites (tertiary alicyclic amines) is 1. The molecule has 3 N–H and O–H groups in total. The van der Waals surface area contributed by atoms with E-state index in [0.29, 0.717) is 37.0 Å². The molecule has 6 nitrogen and oxygen atoms in total. The Labute approximate surface area is 147 Å². The van der Waals surface area contributed by atoms with E-state index in [1.54, 1.807) is 23.1 Å². The third kappa shape index (κ3) is 5.11. The van der Waals surface area contributed by atoms with Crippen molar-refractivity contribution < 1.29 is 14.3 Å². The first kappa shape index (κ1) is 18.5. The summed E-state index contributed by atoms with van der Waals surface area (Å²) >= 11 is 5.97. The zero-order chi connectivity index (χ0) is 17.5. The van der Waals surface area contributed by atoms with Crippen LogP contribution in [0.15, 0.2) is 18.2 Å². The van der Waals surface area contributed by atoms with Crippen LogP contribution in [0, 0.1) is 12.8 Å². The Bertz CT molecular complexity index is 594. The van der Waals surface area contributed by atoms with E-state index in [1.807, 2.05) is 6.92 Å². The zero-order valence-corrected chi connectivity index (χ0v) is 14.6. The average Bonchev–Trinajstić information content (AvgIpc) is 2.60. The Hall–Kier alpha value is -1.79. The second-order valence-corrected chi connectivity index (χ2v) is 6.37. The third-order valence-electron chi connectivity index (χ3n) is 4.08. The van der Waals surface area contributed by atoms with Gasteiger partial charge in [-0.15, -0.1) is 0 Å². The number of rotatable bonds is 6. The zero-order valence-electron chi connectivity index (χ0n) is 13.9. The SMILES string of the molecule is Cc1cc(OCC(=O)N2CCCC(C(=O)NCCN)C2)ccc1Cl. The van der Waals surface area contributed by atoms with Crippen LogP contribution in [0.5, 0.6) is 5.75 Å². The topological polar surface area (TPSA) is 84.7 Å². The minimum absolute atomic E-state index is 0.0350. The van der Waals surface area contributed by atoms with Gasteiger partial charge >= 0.3 is 0 Å². The van der Waals surface area contributed by atoms with Gasteiger partial charge in [0.2, 0.25) is 5.91 Å². The number of aryl methyl sites for hydroxylation is 1. The van der Waals surface area contributed by atoms with Crippen LogP contribution in [0.25, 0.3) is 0 Å². The number of piperidine rings is 1. The van der Waals surface area contributed by atoms with Crippen molar-refractivity contribution in [3.63, 3.8) is 0 Å². The molecule has 1 atom stereocenters. The molecule has 7 heteroatoms. The molecule has 132 valence electrons. The van der Waals surface area contributed by atoms with E-state index in [0.717, 1.165) is 18.4 Å². The first-order valence-electron chi connectivity index (χ1n) is 8.15. The summed E-state index contributed by atoms with van der Waals surface area (Å²) in [6.07, 6.45) is 1.60. The van der Waals surface area contributed by atoms with Gasteiger partial charge in [-0.1, -0.05) is 11.6 Å². The molecule has 1 aromatic carbocycles. The Morgan fingerprint density at radius 1 is 1.46 bits per heavy atom. The van der Waals surface area contributed by atoms with Crippen LogP contribution in [0.4, 0.5) is 0 Å². The highest BCUT2D eigenvalue weighted by molar-refractivity contribution is 6.31. The molecule has 1 aromatic rings. The molecule has 1 saturated heterocycles. The molecule has 2 amide bonds. The molecule has 1 fully saturated rings. The summed E-state index contributed by atoms with van der Waals surface area (Å²) in [4.78, 5) is 26.0. The lowest BCUT2D eigenvalue weighted by molar-refractivity contribution is -0.137. The molecule has 24 heavy (non-hydrogen) atoms. The lowest BCUT2D eigenvalue weighted by Gasteiger charge is -2.32. The van der Waals surface area contributed by atoms with Gasteiger partial charge in [0.15, 0.2) is 6.61 Å². The summed E-state index contributed by atoms with van der Waals surface area (Å²) in [7, 11) is 0. The molecular formula is C17H24ClN3O3. The fourth-order valence-electron chi connectivity index (χ4n) is 2.70. The number of carbonyl (C=O) groups is 2. The second-order valence-electron chi connectivity index (χ2n) is 5.96. The maximum absolute atomic E-state index is 12.3. The Kier molecular flexibility index (Phi) is 6.87. The monoisotopic (exact) mass is 353 g/mol. The smallest absolute Gasteiger partial charge is 0.260 e. The van der Waals surface area contributed by atoms with Crippen LogP contribution < -0.4 is 15.8 Å². The van der Waals surface area contributed by atoms with Gasteiger partial charge in [-0.25, -0.2) is 0 Å². The molecule has 1 aliphatic rings.